The summed E-state index contributed by atoms with van der Waals surface area (Å²) in [5.74, 6) is 0.935. The molecule has 0 atom stereocenters. The van der Waals surface area contributed by atoms with Crippen LogP contribution in [0.1, 0.15) is 11.4 Å². The number of aryl methyl sites for hydroxylation is 2. The molecule has 0 aliphatic rings. The molecule has 2 aromatic rings. The Balaban J connectivity index is 2.83. The van der Waals surface area contributed by atoms with Crippen LogP contribution in [-0.4, -0.2) is 9.55 Å². The Hall–Kier alpha value is -1.35. The molecule has 68 valence electrons. The molecule has 0 aliphatic heterocycles. The first kappa shape index (κ1) is 8.26. The van der Waals surface area contributed by atoms with Gasteiger partial charge >= 0.3 is 0 Å². The molecule has 1 aromatic carbocycles. The quantitative estimate of drug-likeness (QED) is 0.710. The van der Waals surface area contributed by atoms with Crippen molar-refractivity contribution in [1.29, 1.82) is 0 Å². The highest BCUT2D eigenvalue weighted by Crippen LogP contribution is 2.17. The number of fused-ring (bicyclic) bond motifs is 1. The minimum absolute atomic E-state index is 0.491. The van der Waals surface area contributed by atoms with E-state index in [4.69, 9.17) is 5.73 Å². The zero-order valence-electron chi connectivity index (χ0n) is 7.91. The molecule has 0 aliphatic carbocycles. The average molecular weight is 175 g/mol. The predicted octanol–water partition coefficient (Wildman–Crippen LogP) is 1.34. The van der Waals surface area contributed by atoms with Crippen molar-refractivity contribution in [3.63, 3.8) is 0 Å². The van der Waals surface area contributed by atoms with Gasteiger partial charge in [0.25, 0.3) is 0 Å². The van der Waals surface area contributed by atoms with Gasteiger partial charge in [0.15, 0.2) is 0 Å². The third kappa shape index (κ3) is 1.12. The second-order valence-electron chi connectivity index (χ2n) is 3.23. The average Bonchev–Trinajstić information content (AvgIpc) is 2.45. The van der Waals surface area contributed by atoms with E-state index in [9.17, 15) is 0 Å². The van der Waals surface area contributed by atoms with Crippen molar-refractivity contribution in [2.24, 2.45) is 12.8 Å². The predicted molar refractivity (Wildman–Crippen MR) is 53.3 cm³/mol. The van der Waals surface area contributed by atoms with Gasteiger partial charge in [0.05, 0.1) is 17.6 Å². The third-order valence-corrected chi connectivity index (χ3v) is 2.39. The number of imidazole rings is 1. The fourth-order valence-corrected chi connectivity index (χ4v) is 1.59. The van der Waals surface area contributed by atoms with E-state index in [2.05, 4.69) is 24.0 Å². The van der Waals surface area contributed by atoms with Gasteiger partial charge in [-0.1, -0.05) is 12.1 Å². The number of rotatable bonds is 1. The Morgan fingerprint density at radius 3 is 2.85 bits per heavy atom. The monoisotopic (exact) mass is 175 g/mol. The Bertz CT molecular complexity index is 443. The second-order valence-corrected chi connectivity index (χ2v) is 3.23. The van der Waals surface area contributed by atoms with Crippen LogP contribution in [0.5, 0.6) is 0 Å². The Kier molecular flexibility index (Phi) is 1.81. The van der Waals surface area contributed by atoms with Crippen molar-refractivity contribution in [2.45, 2.75) is 13.5 Å². The first-order valence-electron chi connectivity index (χ1n) is 4.35. The van der Waals surface area contributed by atoms with Crippen LogP contribution in [0, 0.1) is 6.92 Å². The number of hydrogen-bond donors (Lipinski definition) is 1. The van der Waals surface area contributed by atoms with E-state index in [1.807, 2.05) is 17.7 Å². The van der Waals surface area contributed by atoms with Gasteiger partial charge in [-0.05, 0) is 18.6 Å². The van der Waals surface area contributed by atoms with Crippen molar-refractivity contribution in [2.75, 3.05) is 0 Å². The van der Waals surface area contributed by atoms with Gasteiger partial charge < -0.3 is 10.3 Å². The summed E-state index contributed by atoms with van der Waals surface area (Å²) >= 11 is 0. The van der Waals surface area contributed by atoms with Crippen molar-refractivity contribution < 1.29 is 0 Å². The molecule has 1 aromatic heterocycles. The summed E-state index contributed by atoms with van der Waals surface area (Å²) in [7, 11) is 2.00. The van der Waals surface area contributed by atoms with Crippen molar-refractivity contribution in [3.8, 4) is 0 Å². The van der Waals surface area contributed by atoms with Gasteiger partial charge in [-0.3, -0.25) is 0 Å². The lowest BCUT2D eigenvalue weighted by atomic mass is 10.2. The molecule has 0 radical (unpaired) electrons. The molecule has 0 spiro atoms. The molecule has 0 saturated heterocycles. The minimum atomic E-state index is 0.491. The molecule has 0 bridgehead atoms. The van der Waals surface area contributed by atoms with Gasteiger partial charge in [-0.25, -0.2) is 4.98 Å². The summed E-state index contributed by atoms with van der Waals surface area (Å²) in [6.07, 6.45) is 0. The van der Waals surface area contributed by atoms with Crippen molar-refractivity contribution in [3.05, 3.63) is 29.6 Å². The topological polar surface area (TPSA) is 43.8 Å². The molecular formula is C10H13N3. The largest absolute Gasteiger partial charge is 0.330 e. The van der Waals surface area contributed by atoms with Crippen LogP contribution < -0.4 is 5.73 Å². The molecule has 13 heavy (non-hydrogen) atoms. The third-order valence-electron chi connectivity index (χ3n) is 2.39. The highest BCUT2D eigenvalue weighted by molar-refractivity contribution is 5.79. The molecule has 1 heterocycles. The summed E-state index contributed by atoms with van der Waals surface area (Å²) in [4.78, 5) is 4.47. The highest BCUT2D eigenvalue weighted by Gasteiger charge is 2.06. The maximum Gasteiger partial charge on any atom is 0.123 e. The van der Waals surface area contributed by atoms with Crippen LogP contribution in [-0.2, 0) is 13.6 Å². The van der Waals surface area contributed by atoms with Gasteiger partial charge in [0.2, 0.25) is 0 Å². The van der Waals surface area contributed by atoms with Crippen LogP contribution in [0.2, 0.25) is 0 Å². The molecule has 2 rings (SSSR count). The van der Waals surface area contributed by atoms with Crippen LogP contribution in [0.15, 0.2) is 18.2 Å². The Morgan fingerprint density at radius 2 is 2.23 bits per heavy atom. The number of benzene rings is 1. The molecular weight excluding hydrogens is 162 g/mol. The minimum Gasteiger partial charge on any atom is -0.330 e. The fraction of sp³-hybridized carbons (Fsp3) is 0.300. The molecule has 2 N–H and O–H groups in total. The standard InChI is InChI=1S/C10H13N3/c1-7-4-3-5-8-10(7)12-9(6-11)13(8)2/h3-5H,6,11H2,1-2H3. The van der Waals surface area contributed by atoms with Crippen molar-refractivity contribution >= 4 is 11.0 Å². The van der Waals surface area contributed by atoms with Gasteiger partial charge in [0.1, 0.15) is 5.82 Å². The lowest BCUT2D eigenvalue weighted by Gasteiger charge is -1.97. The molecule has 0 unspecified atom stereocenters. The Labute approximate surface area is 77.2 Å². The number of nitrogens with zero attached hydrogens (tertiary/aromatic N) is 2. The lowest BCUT2D eigenvalue weighted by molar-refractivity contribution is 0.813. The van der Waals surface area contributed by atoms with E-state index < -0.39 is 0 Å². The maximum atomic E-state index is 5.58. The van der Waals surface area contributed by atoms with E-state index in [-0.39, 0.29) is 0 Å². The first-order valence-corrected chi connectivity index (χ1v) is 4.35. The summed E-state index contributed by atoms with van der Waals surface area (Å²) in [5.41, 5.74) is 9.00. The number of hydrogen-bond acceptors (Lipinski definition) is 2. The molecule has 3 nitrogen and oxygen atoms in total. The maximum absolute atomic E-state index is 5.58. The van der Waals surface area contributed by atoms with E-state index in [1.165, 1.54) is 5.56 Å². The van der Waals surface area contributed by atoms with Gasteiger partial charge in [0, 0.05) is 7.05 Å². The molecule has 0 fully saturated rings. The van der Waals surface area contributed by atoms with Crippen LogP contribution in [0.25, 0.3) is 11.0 Å². The smallest absolute Gasteiger partial charge is 0.123 e. The molecule has 0 saturated carbocycles. The first-order chi connectivity index (χ1) is 6.24. The zero-order valence-corrected chi connectivity index (χ0v) is 7.91. The van der Waals surface area contributed by atoms with E-state index >= 15 is 0 Å². The summed E-state index contributed by atoms with van der Waals surface area (Å²) in [6, 6.07) is 6.17. The highest BCUT2D eigenvalue weighted by atomic mass is 15.1. The molecule has 3 heteroatoms. The SMILES string of the molecule is Cc1cccc2c1nc(CN)n2C. The van der Waals surface area contributed by atoms with Crippen LogP contribution >= 0.6 is 0 Å². The van der Waals surface area contributed by atoms with E-state index in [0.717, 1.165) is 16.9 Å². The van der Waals surface area contributed by atoms with Crippen molar-refractivity contribution in [1.82, 2.24) is 9.55 Å². The number of nitrogens with two attached hydrogens (primary N) is 1. The van der Waals surface area contributed by atoms with E-state index in [1.54, 1.807) is 0 Å². The van der Waals surface area contributed by atoms with Crippen LogP contribution in [0.4, 0.5) is 0 Å². The fourth-order valence-electron chi connectivity index (χ4n) is 1.59. The van der Waals surface area contributed by atoms with Gasteiger partial charge in [-0.2, -0.15) is 0 Å². The summed E-state index contributed by atoms with van der Waals surface area (Å²) < 4.78 is 2.04. The summed E-state index contributed by atoms with van der Waals surface area (Å²) in [6.45, 7) is 2.56. The lowest BCUT2D eigenvalue weighted by Crippen LogP contribution is -2.04. The Morgan fingerprint density at radius 1 is 1.46 bits per heavy atom. The summed E-state index contributed by atoms with van der Waals surface area (Å²) in [5, 5.41) is 0. The number of para-hydroxylation sites is 1. The van der Waals surface area contributed by atoms with Gasteiger partial charge in [-0.15, -0.1) is 0 Å². The van der Waals surface area contributed by atoms with E-state index in [0.29, 0.717) is 6.54 Å². The zero-order chi connectivity index (χ0) is 9.42. The normalized spacial score (nSPS) is 11.0. The second kappa shape index (κ2) is 2.85. The number of aromatic nitrogens is 2. The molecule has 0 amide bonds. The van der Waals surface area contributed by atoms with Crippen LogP contribution in [0.3, 0.4) is 0 Å².